The highest BCUT2D eigenvalue weighted by molar-refractivity contribution is 7.89. The second-order valence-corrected chi connectivity index (χ2v) is 7.23. The maximum atomic E-state index is 12.6. The number of carbonyl (C=O) groups is 1. The van der Waals surface area contributed by atoms with E-state index in [1.807, 2.05) is 6.92 Å². The Morgan fingerprint density at radius 3 is 2.45 bits per heavy atom. The number of benzene rings is 1. The number of aryl methyl sites for hydroxylation is 1. The molecule has 1 aliphatic rings. The van der Waals surface area contributed by atoms with E-state index in [4.69, 9.17) is 0 Å². The van der Waals surface area contributed by atoms with Gasteiger partial charge in [0.1, 0.15) is 5.78 Å². The fourth-order valence-electron chi connectivity index (χ4n) is 2.31. The quantitative estimate of drug-likeness (QED) is 0.802. The third-order valence-electron chi connectivity index (χ3n) is 3.64. The van der Waals surface area contributed by atoms with E-state index in [-0.39, 0.29) is 36.1 Å². The van der Waals surface area contributed by atoms with E-state index in [1.54, 1.807) is 31.2 Å². The number of rotatable bonds is 3. The topological polar surface area (TPSA) is 54.5 Å². The summed E-state index contributed by atoms with van der Waals surface area (Å²) in [5.41, 5.74) is 1.73. The maximum Gasteiger partial charge on any atom is 0.243 e. The van der Waals surface area contributed by atoms with Gasteiger partial charge in [0.15, 0.2) is 0 Å². The molecule has 1 aromatic rings. The molecule has 0 amide bonds. The summed E-state index contributed by atoms with van der Waals surface area (Å²) in [6.07, 6.45) is 0.253. The van der Waals surface area contributed by atoms with E-state index in [9.17, 15) is 13.2 Å². The molecule has 1 atom stereocenters. The fourth-order valence-corrected chi connectivity index (χ4v) is 3.77. The first-order chi connectivity index (χ1) is 9.32. The van der Waals surface area contributed by atoms with E-state index in [0.717, 1.165) is 11.1 Å². The Kier molecular flexibility index (Phi) is 4.11. The van der Waals surface area contributed by atoms with Crippen molar-refractivity contribution in [2.75, 3.05) is 13.1 Å². The monoisotopic (exact) mass is 293 g/mol. The summed E-state index contributed by atoms with van der Waals surface area (Å²) in [6.45, 7) is 7.91. The first-order valence-corrected chi connectivity index (χ1v) is 8.01. The molecule has 0 saturated carbocycles. The van der Waals surface area contributed by atoms with E-state index in [1.165, 1.54) is 4.31 Å². The smallest absolute Gasteiger partial charge is 0.243 e. The van der Waals surface area contributed by atoms with Gasteiger partial charge < -0.3 is 0 Å². The van der Waals surface area contributed by atoms with Gasteiger partial charge in [-0.3, -0.25) is 4.79 Å². The zero-order valence-electron chi connectivity index (χ0n) is 11.8. The van der Waals surface area contributed by atoms with Crippen molar-refractivity contribution >= 4 is 15.8 Å². The average Bonchev–Trinajstić information content (AvgIpc) is 2.39. The largest absolute Gasteiger partial charge is 0.299 e. The van der Waals surface area contributed by atoms with Gasteiger partial charge in [0.2, 0.25) is 10.0 Å². The van der Waals surface area contributed by atoms with Crippen LogP contribution >= 0.6 is 0 Å². The Hall–Kier alpha value is -1.46. The third-order valence-corrected chi connectivity index (χ3v) is 5.52. The molecule has 1 fully saturated rings. The number of hydrogen-bond donors (Lipinski definition) is 0. The van der Waals surface area contributed by atoms with Crippen molar-refractivity contribution in [3.05, 3.63) is 42.0 Å². The lowest BCUT2D eigenvalue weighted by Crippen LogP contribution is -2.44. The minimum absolute atomic E-state index is 0.0767. The van der Waals surface area contributed by atoms with Gasteiger partial charge >= 0.3 is 0 Å². The van der Waals surface area contributed by atoms with E-state index < -0.39 is 10.0 Å². The summed E-state index contributed by atoms with van der Waals surface area (Å²) >= 11 is 0. The summed E-state index contributed by atoms with van der Waals surface area (Å²) in [5, 5.41) is 0. The molecule has 1 aliphatic heterocycles. The second kappa shape index (κ2) is 5.50. The molecule has 2 rings (SSSR count). The van der Waals surface area contributed by atoms with Crippen LogP contribution in [0.3, 0.4) is 0 Å². The van der Waals surface area contributed by atoms with Crippen molar-refractivity contribution in [2.45, 2.75) is 25.2 Å². The Balaban J connectivity index is 2.28. The van der Waals surface area contributed by atoms with Crippen LogP contribution in [-0.2, 0) is 14.8 Å². The van der Waals surface area contributed by atoms with Crippen molar-refractivity contribution in [1.29, 1.82) is 0 Å². The third kappa shape index (κ3) is 2.83. The van der Waals surface area contributed by atoms with E-state index >= 15 is 0 Å². The van der Waals surface area contributed by atoms with Gasteiger partial charge in [-0.15, -0.1) is 0 Å². The van der Waals surface area contributed by atoms with Crippen LogP contribution < -0.4 is 0 Å². The first-order valence-electron chi connectivity index (χ1n) is 6.57. The lowest BCUT2D eigenvalue weighted by Gasteiger charge is -2.31. The molecule has 20 heavy (non-hydrogen) atoms. The predicted octanol–water partition coefficient (Wildman–Crippen LogP) is 2.15. The van der Waals surface area contributed by atoms with Crippen molar-refractivity contribution in [1.82, 2.24) is 4.31 Å². The summed E-state index contributed by atoms with van der Waals surface area (Å²) in [5.74, 6) is -0.308. The number of piperidine rings is 1. The molecule has 1 unspecified atom stereocenters. The van der Waals surface area contributed by atoms with Crippen LogP contribution in [0.25, 0.3) is 0 Å². The van der Waals surface area contributed by atoms with Crippen LogP contribution in [0, 0.1) is 12.8 Å². The number of sulfonamides is 1. The minimum Gasteiger partial charge on any atom is -0.299 e. The average molecular weight is 293 g/mol. The second-order valence-electron chi connectivity index (χ2n) is 5.29. The minimum atomic E-state index is -3.53. The molecule has 1 heterocycles. The molecular weight excluding hydrogens is 274 g/mol. The van der Waals surface area contributed by atoms with Crippen molar-refractivity contribution in [2.24, 2.45) is 5.92 Å². The van der Waals surface area contributed by atoms with Gasteiger partial charge in [0.25, 0.3) is 0 Å². The SMILES string of the molecule is C=C(C)C1CN(S(=O)(=O)c2ccc(C)cc2)CCC1=O. The van der Waals surface area contributed by atoms with Crippen molar-refractivity contribution in [3.8, 4) is 0 Å². The normalized spacial score (nSPS) is 20.9. The van der Waals surface area contributed by atoms with E-state index in [0.29, 0.717) is 0 Å². The fraction of sp³-hybridized carbons (Fsp3) is 0.400. The number of Topliss-reactive ketones (excluding diaryl/α,β-unsaturated/α-hetero) is 1. The van der Waals surface area contributed by atoms with Gasteiger partial charge in [-0.2, -0.15) is 4.31 Å². The summed E-state index contributed by atoms with van der Waals surface area (Å²) in [4.78, 5) is 12.1. The molecule has 0 N–H and O–H groups in total. The van der Waals surface area contributed by atoms with Crippen LogP contribution in [0.2, 0.25) is 0 Å². The lowest BCUT2D eigenvalue weighted by molar-refractivity contribution is -0.123. The Bertz CT molecular complexity index is 632. The van der Waals surface area contributed by atoms with Gasteiger partial charge in [-0.1, -0.05) is 29.8 Å². The van der Waals surface area contributed by atoms with Crippen molar-refractivity contribution < 1.29 is 13.2 Å². The summed E-state index contributed by atoms with van der Waals surface area (Å²) in [7, 11) is -3.53. The lowest BCUT2D eigenvalue weighted by atomic mass is 9.92. The summed E-state index contributed by atoms with van der Waals surface area (Å²) in [6, 6.07) is 6.77. The number of hydrogen-bond acceptors (Lipinski definition) is 3. The molecule has 108 valence electrons. The van der Waals surface area contributed by atoms with Crippen LogP contribution in [0.4, 0.5) is 0 Å². The molecular formula is C15H19NO3S. The van der Waals surface area contributed by atoms with Crippen LogP contribution in [0.5, 0.6) is 0 Å². The Morgan fingerprint density at radius 2 is 1.90 bits per heavy atom. The molecule has 1 aromatic carbocycles. The molecule has 0 bridgehead atoms. The Morgan fingerprint density at radius 1 is 1.30 bits per heavy atom. The standard InChI is InChI=1S/C15H19NO3S/c1-11(2)14-10-16(9-8-15(14)17)20(18,19)13-6-4-12(3)5-7-13/h4-7,14H,1,8-10H2,2-3H3. The molecule has 0 spiro atoms. The molecule has 0 aromatic heterocycles. The number of ketones is 1. The maximum absolute atomic E-state index is 12.6. The van der Waals surface area contributed by atoms with Crippen LogP contribution in [-0.4, -0.2) is 31.6 Å². The molecule has 4 nitrogen and oxygen atoms in total. The predicted molar refractivity (Wildman–Crippen MR) is 77.9 cm³/mol. The number of nitrogens with zero attached hydrogens (tertiary/aromatic N) is 1. The number of carbonyl (C=O) groups excluding carboxylic acids is 1. The van der Waals surface area contributed by atoms with Gasteiger partial charge in [-0.05, 0) is 26.0 Å². The Labute approximate surface area is 120 Å². The van der Waals surface area contributed by atoms with Gasteiger partial charge in [0.05, 0.1) is 10.8 Å². The zero-order chi connectivity index (χ0) is 14.9. The molecule has 5 heteroatoms. The summed E-state index contributed by atoms with van der Waals surface area (Å²) < 4.78 is 26.5. The zero-order valence-corrected chi connectivity index (χ0v) is 12.6. The van der Waals surface area contributed by atoms with Crippen LogP contribution in [0.15, 0.2) is 41.3 Å². The van der Waals surface area contributed by atoms with Crippen molar-refractivity contribution in [3.63, 3.8) is 0 Å². The van der Waals surface area contributed by atoms with Gasteiger partial charge in [-0.25, -0.2) is 8.42 Å². The first kappa shape index (κ1) is 14.9. The molecule has 0 aliphatic carbocycles. The molecule has 0 radical (unpaired) electrons. The van der Waals surface area contributed by atoms with Crippen LogP contribution in [0.1, 0.15) is 18.9 Å². The molecule has 1 saturated heterocycles. The van der Waals surface area contributed by atoms with E-state index in [2.05, 4.69) is 6.58 Å². The highest BCUT2D eigenvalue weighted by Crippen LogP contribution is 2.25. The highest BCUT2D eigenvalue weighted by atomic mass is 32.2. The van der Waals surface area contributed by atoms with Gasteiger partial charge in [0, 0.05) is 19.5 Å². The highest BCUT2D eigenvalue weighted by Gasteiger charge is 2.34.